The Morgan fingerprint density at radius 3 is 2.88 bits per heavy atom. The van der Waals surface area contributed by atoms with Gasteiger partial charge in [0.1, 0.15) is 5.82 Å². The van der Waals surface area contributed by atoms with Gasteiger partial charge in [-0.25, -0.2) is 9.67 Å². The highest BCUT2D eigenvalue weighted by Gasteiger charge is 2.23. The normalized spacial score (nSPS) is 25.8. The fraction of sp³-hybridized carbons (Fsp3) is 0.833. The fourth-order valence-corrected chi connectivity index (χ4v) is 2.73. The molecule has 2 aliphatic heterocycles. The van der Waals surface area contributed by atoms with Crippen molar-refractivity contribution in [2.24, 2.45) is 11.7 Å². The molecule has 0 aliphatic carbocycles. The van der Waals surface area contributed by atoms with Crippen molar-refractivity contribution in [2.75, 3.05) is 13.2 Å². The number of nitrogens with zero attached hydrogens (tertiary/aromatic N) is 3. The van der Waals surface area contributed by atoms with Gasteiger partial charge in [0.2, 0.25) is 0 Å². The number of aromatic nitrogens is 3. The van der Waals surface area contributed by atoms with Crippen LogP contribution < -0.4 is 5.73 Å². The Hall–Kier alpha value is -0.940. The summed E-state index contributed by atoms with van der Waals surface area (Å²) < 4.78 is 7.37. The Kier molecular flexibility index (Phi) is 3.11. The lowest BCUT2D eigenvalue weighted by Crippen LogP contribution is -2.22. The molecule has 5 nitrogen and oxygen atoms in total. The molecular weight excluding hydrogens is 216 g/mol. The maximum atomic E-state index is 6.05. The number of fused-ring (bicyclic) bond motifs is 1. The van der Waals surface area contributed by atoms with Gasteiger partial charge in [0.25, 0.3) is 0 Å². The van der Waals surface area contributed by atoms with Gasteiger partial charge in [-0.3, -0.25) is 0 Å². The summed E-state index contributed by atoms with van der Waals surface area (Å²) in [6.45, 7) is 2.75. The molecule has 0 spiro atoms. The topological polar surface area (TPSA) is 66.0 Å². The highest BCUT2D eigenvalue weighted by atomic mass is 16.5. The van der Waals surface area contributed by atoms with Crippen LogP contribution in [0.2, 0.25) is 0 Å². The molecule has 2 aliphatic rings. The van der Waals surface area contributed by atoms with Crippen LogP contribution >= 0.6 is 0 Å². The highest BCUT2D eigenvalue weighted by Crippen LogP contribution is 2.23. The Balaban J connectivity index is 1.71. The highest BCUT2D eigenvalue weighted by molar-refractivity contribution is 5.01. The minimum atomic E-state index is 0.0830. The first-order chi connectivity index (χ1) is 8.33. The molecule has 3 rings (SSSR count). The molecule has 5 heteroatoms. The van der Waals surface area contributed by atoms with Crippen LogP contribution in [0.1, 0.15) is 43.4 Å². The van der Waals surface area contributed by atoms with Gasteiger partial charge in [-0.2, -0.15) is 5.10 Å². The van der Waals surface area contributed by atoms with Crippen LogP contribution in [0.25, 0.3) is 0 Å². The molecule has 94 valence electrons. The molecule has 1 fully saturated rings. The van der Waals surface area contributed by atoms with E-state index in [1.54, 1.807) is 0 Å². The smallest absolute Gasteiger partial charge is 0.151 e. The van der Waals surface area contributed by atoms with Crippen molar-refractivity contribution >= 4 is 0 Å². The number of hydrogen-bond donors (Lipinski definition) is 1. The minimum absolute atomic E-state index is 0.0830. The lowest BCUT2D eigenvalue weighted by molar-refractivity contribution is 0.0659. The molecule has 0 bridgehead atoms. The maximum absolute atomic E-state index is 6.05. The third-order valence-electron chi connectivity index (χ3n) is 3.77. The van der Waals surface area contributed by atoms with Crippen molar-refractivity contribution in [1.82, 2.24) is 14.8 Å². The molecule has 1 unspecified atom stereocenters. The summed E-state index contributed by atoms with van der Waals surface area (Å²) in [5.74, 6) is 2.65. The van der Waals surface area contributed by atoms with Gasteiger partial charge in [0, 0.05) is 26.2 Å². The second kappa shape index (κ2) is 4.74. The first-order valence-electron chi connectivity index (χ1n) is 6.60. The van der Waals surface area contributed by atoms with Crippen LogP contribution in [0.3, 0.4) is 0 Å². The third kappa shape index (κ3) is 2.35. The number of aryl methyl sites for hydroxylation is 1. The summed E-state index contributed by atoms with van der Waals surface area (Å²) in [5.41, 5.74) is 6.05. The van der Waals surface area contributed by atoms with E-state index in [2.05, 4.69) is 10.1 Å². The van der Waals surface area contributed by atoms with Crippen LogP contribution in [0, 0.1) is 5.92 Å². The molecule has 1 aromatic heterocycles. The summed E-state index contributed by atoms with van der Waals surface area (Å²) in [6, 6.07) is 0.0830. The predicted octanol–water partition coefficient (Wildman–Crippen LogP) is 1.04. The van der Waals surface area contributed by atoms with Crippen LogP contribution in [0.15, 0.2) is 0 Å². The zero-order valence-corrected chi connectivity index (χ0v) is 10.1. The summed E-state index contributed by atoms with van der Waals surface area (Å²) >= 11 is 0. The quantitative estimate of drug-likeness (QED) is 0.833. The van der Waals surface area contributed by atoms with Gasteiger partial charge in [-0.1, -0.05) is 0 Å². The Morgan fingerprint density at radius 1 is 1.29 bits per heavy atom. The Bertz CT molecular complexity index is 384. The number of hydrogen-bond acceptors (Lipinski definition) is 4. The molecular formula is C12H20N4O. The molecule has 1 atom stereocenters. The van der Waals surface area contributed by atoms with Crippen molar-refractivity contribution in [3.05, 3.63) is 11.6 Å². The van der Waals surface area contributed by atoms with E-state index in [9.17, 15) is 0 Å². The molecule has 0 saturated carbocycles. The Morgan fingerprint density at radius 2 is 2.12 bits per heavy atom. The zero-order valence-electron chi connectivity index (χ0n) is 10.1. The van der Waals surface area contributed by atoms with Gasteiger partial charge in [0.05, 0.1) is 6.04 Å². The largest absolute Gasteiger partial charge is 0.381 e. The number of rotatable bonds is 2. The number of ether oxygens (including phenoxy) is 1. The van der Waals surface area contributed by atoms with Crippen LogP contribution in [-0.4, -0.2) is 28.0 Å². The van der Waals surface area contributed by atoms with E-state index in [1.807, 2.05) is 4.68 Å². The van der Waals surface area contributed by atoms with Crippen molar-refractivity contribution in [3.8, 4) is 0 Å². The molecule has 0 aromatic carbocycles. The summed E-state index contributed by atoms with van der Waals surface area (Å²) in [6.07, 6.45) is 5.41. The van der Waals surface area contributed by atoms with Crippen molar-refractivity contribution in [3.63, 3.8) is 0 Å². The average molecular weight is 236 g/mol. The zero-order chi connectivity index (χ0) is 11.7. The lowest BCUT2D eigenvalue weighted by atomic mass is 9.96. The van der Waals surface area contributed by atoms with Gasteiger partial charge in [-0.15, -0.1) is 0 Å². The predicted molar refractivity (Wildman–Crippen MR) is 63.4 cm³/mol. The van der Waals surface area contributed by atoms with E-state index in [-0.39, 0.29) is 6.04 Å². The summed E-state index contributed by atoms with van der Waals surface area (Å²) in [4.78, 5) is 4.61. The van der Waals surface area contributed by atoms with E-state index in [1.165, 1.54) is 0 Å². The summed E-state index contributed by atoms with van der Waals surface area (Å²) in [7, 11) is 0. The molecule has 0 amide bonds. The van der Waals surface area contributed by atoms with Gasteiger partial charge < -0.3 is 10.5 Å². The van der Waals surface area contributed by atoms with Gasteiger partial charge in [-0.05, 0) is 31.6 Å². The molecule has 3 heterocycles. The van der Waals surface area contributed by atoms with Crippen LogP contribution in [0.4, 0.5) is 0 Å². The second-order valence-electron chi connectivity index (χ2n) is 5.12. The number of nitrogens with two attached hydrogens (primary N) is 1. The summed E-state index contributed by atoms with van der Waals surface area (Å²) in [5, 5.41) is 4.58. The van der Waals surface area contributed by atoms with E-state index in [0.29, 0.717) is 5.92 Å². The molecule has 17 heavy (non-hydrogen) atoms. The Labute approximate surface area is 101 Å². The van der Waals surface area contributed by atoms with Crippen molar-refractivity contribution in [2.45, 2.75) is 44.7 Å². The molecule has 1 saturated heterocycles. The average Bonchev–Trinajstić information content (AvgIpc) is 2.74. The molecule has 2 N–H and O–H groups in total. The van der Waals surface area contributed by atoms with E-state index < -0.39 is 0 Å². The SMILES string of the molecule is NC1CCCn2nc(CC3CCOCC3)nc21. The van der Waals surface area contributed by atoms with Crippen LogP contribution in [-0.2, 0) is 17.7 Å². The van der Waals surface area contributed by atoms with Gasteiger partial charge >= 0.3 is 0 Å². The molecule has 1 aromatic rings. The molecule has 0 radical (unpaired) electrons. The first kappa shape index (κ1) is 11.2. The van der Waals surface area contributed by atoms with Crippen molar-refractivity contribution in [1.29, 1.82) is 0 Å². The van der Waals surface area contributed by atoms with E-state index >= 15 is 0 Å². The maximum Gasteiger partial charge on any atom is 0.151 e. The minimum Gasteiger partial charge on any atom is -0.381 e. The standard InChI is InChI=1S/C12H20N4O/c13-10-2-1-5-16-12(10)14-11(15-16)8-9-3-6-17-7-4-9/h9-10H,1-8,13H2. The van der Waals surface area contributed by atoms with Gasteiger partial charge in [0.15, 0.2) is 5.82 Å². The first-order valence-corrected chi connectivity index (χ1v) is 6.60. The van der Waals surface area contributed by atoms with Crippen LogP contribution in [0.5, 0.6) is 0 Å². The van der Waals surface area contributed by atoms with Crippen molar-refractivity contribution < 1.29 is 4.74 Å². The lowest BCUT2D eigenvalue weighted by Gasteiger charge is -2.20. The van der Waals surface area contributed by atoms with E-state index in [4.69, 9.17) is 10.5 Å². The monoisotopic (exact) mass is 236 g/mol. The van der Waals surface area contributed by atoms with E-state index in [0.717, 1.165) is 63.5 Å². The fourth-order valence-electron chi connectivity index (χ4n) is 2.73. The third-order valence-corrected chi connectivity index (χ3v) is 3.77. The second-order valence-corrected chi connectivity index (χ2v) is 5.12.